The molecule has 0 bridgehead atoms. The van der Waals surface area contributed by atoms with Gasteiger partial charge in [0.1, 0.15) is 0 Å². The van der Waals surface area contributed by atoms with Crippen LogP contribution in [-0.2, 0) is 5.41 Å². The second kappa shape index (κ2) is 3.78. The van der Waals surface area contributed by atoms with Crippen molar-refractivity contribution in [2.45, 2.75) is 19.3 Å². The Morgan fingerprint density at radius 2 is 1.74 bits per heavy atom. The number of terminal acetylenes is 2. The normalized spacial score (nSPS) is 14.1. The van der Waals surface area contributed by atoms with Crippen molar-refractivity contribution in [1.29, 1.82) is 0 Å². The molecule has 0 radical (unpaired) electrons. The van der Waals surface area contributed by atoms with Crippen LogP contribution in [0, 0.1) is 24.7 Å². The number of rotatable bonds is 0. The second-order valence-electron chi connectivity index (χ2n) is 5.40. The molecule has 19 heavy (non-hydrogen) atoms. The number of hydrogen-bond acceptors (Lipinski definition) is 0. The van der Waals surface area contributed by atoms with Gasteiger partial charge in [-0.25, -0.2) is 0 Å². The van der Waals surface area contributed by atoms with Gasteiger partial charge in [-0.3, -0.25) is 0 Å². The van der Waals surface area contributed by atoms with Gasteiger partial charge in [0.15, 0.2) is 0 Å². The molecule has 0 saturated heterocycles. The lowest BCUT2D eigenvalue weighted by Crippen LogP contribution is -2.15. The van der Waals surface area contributed by atoms with Crippen molar-refractivity contribution in [3.05, 3.63) is 58.7 Å². The fourth-order valence-corrected chi connectivity index (χ4v) is 3.00. The van der Waals surface area contributed by atoms with Crippen LogP contribution in [0.15, 0.2) is 36.4 Å². The Morgan fingerprint density at radius 3 is 2.42 bits per heavy atom. The zero-order valence-corrected chi connectivity index (χ0v) is 11.1. The summed E-state index contributed by atoms with van der Waals surface area (Å²) in [6.45, 7) is 4.44. The number of benzene rings is 2. The highest BCUT2D eigenvalue weighted by molar-refractivity contribution is 5.85. The standard InChI is InChI=1S/C19H14/c1-5-13-10-11-15-17(12-13)19(3,4)16-9-7-8-14(6-2)18(15)16/h1-2,7-12H,3-4H3. The van der Waals surface area contributed by atoms with Gasteiger partial charge in [-0.15, -0.1) is 12.8 Å². The lowest BCUT2D eigenvalue weighted by Gasteiger charge is -2.21. The maximum absolute atomic E-state index is 5.64. The summed E-state index contributed by atoms with van der Waals surface area (Å²) in [7, 11) is 0. The van der Waals surface area contributed by atoms with Gasteiger partial charge in [0.2, 0.25) is 0 Å². The predicted octanol–water partition coefficient (Wildman–Crippen LogP) is 3.96. The van der Waals surface area contributed by atoms with Gasteiger partial charge >= 0.3 is 0 Å². The van der Waals surface area contributed by atoms with E-state index in [0.29, 0.717) is 0 Å². The molecular weight excluding hydrogens is 228 g/mol. The SMILES string of the molecule is C#Cc1ccc2c(c1)C(C)(C)c1cccc(C#C)c1-2. The third kappa shape index (κ3) is 1.44. The van der Waals surface area contributed by atoms with Crippen LogP contribution in [0.5, 0.6) is 0 Å². The van der Waals surface area contributed by atoms with Crippen molar-refractivity contribution in [2.24, 2.45) is 0 Å². The van der Waals surface area contributed by atoms with Crippen LogP contribution in [-0.4, -0.2) is 0 Å². The first kappa shape index (κ1) is 11.6. The van der Waals surface area contributed by atoms with Crippen molar-refractivity contribution < 1.29 is 0 Å². The van der Waals surface area contributed by atoms with Gasteiger partial charge in [-0.2, -0.15) is 0 Å². The first-order valence-corrected chi connectivity index (χ1v) is 6.31. The van der Waals surface area contributed by atoms with Crippen LogP contribution in [0.2, 0.25) is 0 Å². The maximum Gasteiger partial charge on any atom is 0.0324 e. The van der Waals surface area contributed by atoms with E-state index in [9.17, 15) is 0 Å². The zero-order valence-electron chi connectivity index (χ0n) is 11.1. The molecule has 0 fully saturated rings. The maximum atomic E-state index is 5.64. The summed E-state index contributed by atoms with van der Waals surface area (Å²) < 4.78 is 0. The van der Waals surface area contributed by atoms with Crippen molar-refractivity contribution >= 4 is 0 Å². The van der Waals surface area contributed by atoms with Crippen LogP contribution < -0.4 is 0 Å². The topological polar surface area (TPSA) is 0 Å². The highest BCUT2D eigenvalue weighted by Crippen LogP contribution is 2.49. The van der Waals surface area contributed by atoms with Crippen molar-refractivity contribution in [3.8, 4) is 35.8 Å². The van der Waals surface area contributed by atoms with E-state index in [0.717, 1.165) is 11.1 Å². The Morgan fingerprint density at radius 1 is 0.947 bits per heavy atom. The smallest absolute Gasteiger partial charge is 0.0324 e. The van der Waals surface area contributed by atoms with Crippen LogP contribution >= 0.6 is 0 Å². The highest BCUT2D eigenvalue weighted by Gasteiger charge is 2.36. The molecule has 0 aromatic heterocycles. The molecule has 0 N–H and O–H groups in total. The molecule has 0 amide bonds. The van der Waals surface area contributed by atoms with Crippen LogP contribution in [0.3, 0.4) is 0 Å². The number of fused-ring (bicyclic) bond motifs is 3. The van der Waals surface area contributed by atoms with E-state index >= 15 is 0 Å². The van der Waals surface area contributed by atoms with E-state index in [1.54, 1.807) is 0 Å². The molecule has 0 saturated carbocycles. The third-order valence-electron chi connectivity index (χ3n) is 4.02. The van der Waals surface area contributed by atoms with Gasteiger partial charge in [0.25, 0.3) is 0 Å². The summed E-state index contributed by atoms with van der Waals surface area (Å²) >= 11 is 0. The molecule has 0 spiro atoms. The van der Waals surface area contributed by atoms with E-state index in [4.69, 9.17) is 12.8 Å². The monoisotopic (exact) mass is 242 g/mol. The molecular formula is C19H14. The summed E-state index contributed by atoms with van der Waals surface area (Å²) in [5.74, 6) is 5.50. The van der Waals surface area contributed by atoms with Gasteiger partial charge in [-0.1, -0.05) is 43.9 Å². The average molecular weight is 242 g/mol. The van der Waals surface area contributed by atoms with E-state index < -0.39 is 0 Å². The largest absolute Gasteiger partial charge is 0.115 e. The molecule has 90 valence electrons. The molecule has 0 unspecified atom stereocenters. The molecule has 0 nitrogen and oxygen atoms in total. The molecule has 0 heteroatoms. The Hall–Kier alpha value is -2.44. The van der Waals surface area contributed by atoms with Crippen LogP contribution in [0.1, 0.15) is 36.1 Å². The van der Waals surface area contributed by atoms with Crippen molar-refractivity contribution in [3.63, 3.8) is 0 Å². The second-order valence-corrected chi connectivity index (χ2v) is 5.40. The van der Waals surface area contributed by atoms with Gasteiger partial charge in [0, 0.05) is 22.1 Å². The molecule has 0 atom stereocenters. The summed E-state index contributed by atoms with van der Waals surface area (Å²) in [5, 5.41) is 0. The van der Waals surface area contributed by atoms with Crippen LogP contribution in [0.25, 0.3) is 11.1 Å². The Kier molecular flexibility index (Phi) is 2.31. The van der Waals surface area contributed by atoms with Crippen LogP contribution in [0.4, 0.5) is 0 Å². The quantitative estimate of drug-likeness (QED) is 0.613. The molecule has 2 aromatic rings. The van der Waals surface area contributed by atoms with E-state index in [-0.39, 0.29) is 5.41 Å². The highest BCUT2D eigenvalue weighted by atomic mass is 14.4. The first-order valence-electron chi connectivity index (χ1n) is 6.31. The fraction of sp³-hybridized carbons (Fsp3) is 0.158. The average Bonchev–Trinajstić information content (AvgIpc) is 2.67. The minimum Gasteiger partial charge on any atom is -0.115 e. The van der Waals surface area contributed by atoms with E-state index in [2.05, 4.69) is 43.9 Å². The summed E-state index contributed by atoms with van der Waals surface area (Å²) in [5.41, 5.74) is 6.78. The lowest BCUT2D eigenvalue weighted by atomic mass is 9.82. The Labute approximate surface area is 114 Å². The Bertz CT molecular complexity index is 762. The molecule has 3 rings (SSSR count). The van der Waals surface area contributed by atoms with E-state index in [1.165, 1.54) is 22.3 Å². The summed E-state index contributed by atoms with van der Waals surface area (Å²) in [6, 6.07) is 12.4. The lowest BCUT2D eigenvalue weighted by molar-refractivity contribution is 0.660. The third-order valence-corrected chi connectivity index (χ3v) is 4.02. The molecule has 0 heterocycles. The zero-order chi connectivity index (χ0) is 13.6. The summed E-state index contributed by atoms with van der Waals surface area (Å²) in [4.78, 5) is 0. The molecule has 0 aliphatic heterocycles. The van der Waals surface area contributed by atoms with Gasteiger partial charge in [0.05, 0.1) is 0 Å². The summed E-state index contributed by atoms with van der Waals surface area (Å²) in [6.07, 6.45) is 11.2. The van der Waals surface area contributed by atoms with Gasteiger partial charge in [-0.05, 0) is 34.9 Å². The predicted molar refractivity (Wildman–Crippen MR) is 79.9 cm³/mol. The molecule has 2 aromatic carbocycles. The molecule has 1 aliphatic rings. The van der Waals surface area contributed by atoms with Crippen molar-refractivity contribution in [2.75, 3.05) is 0 Å². The first-order chi connectivity index (χ1) is 9.09. The fourth-order valence-electron chi connectivity index (χ4n) is 3.00. The van der Waals surface area contributed by atoms with Crippen molar-refractivity contribution in [1.82, 2.24) is 0 Å². The minimum atomic E-state index is -0.0512. The minimum absolute atomic E-state index is 0.0512. The van der Waals surface area contributed by atoms with Gasteiger partial charge < -0.3 is 0 Å². The Balaban J connectivity index is 2.42. The number of hydrogen-bond donors (Lipinski definition) is 0. The van der Waals surface area contributed by atoms with E-state index in [1.807, 2.05) is 18.2 Å². The molecule has 1 aliphatic carbocycles.